The van der Waals surface area contributed by atoms with E-state index < -0.39 is 0 Å². The van der Waals surface area contributed by atoms with Crippen LogP contribution in [0.2, 0.25) is 0 Å². The number of rotatable bonds is 5. The smallest absolute Gasteiger partial charge is 0.257 e. The lowest BCUT2D eigenvalue weighted by Crippen LogP contribution is -2.50. The maximum absolute atomic E-state index is 13.1. The Morgan fingerprint density at radius 1 is 0.839 bits per heavy atom. The quantitative estimate of drug-likeness (QED) is 0.723. The van der Waals surface area contributed by atoms with Crippen molar-refractivity contribution in [2.75, 3.05) is 47.5 Å². The maximum atomic E-state index is 13.1. The zero-order valence-electron chi connectivity index (χ0n) is 18.2. The molecular weight excluding hydrogens is 400 g/mol. The lowest BCUT2D eigenvalue weighted by atomic mass is 10.1. The Bertz CT molecular complexity index is 953. The van der Waals surface area contributed by atoms with E-state index in [1.54, 1.807) is 23.2 Å². The van der Waals surface area contributed by atoms with Crippen molar-refractivity contribution in [3.63, 3.8) is 0 Å². The topological polar surface area (TPSA) is 86.1 Å². The van der Waals surface area contributed by atoms with E-state index in [1.165, 1.54) is 21.3 Å². The van der Waals surface area contributed by atoms with Crippen LogP contribution >= 0.6 is 0 Å². The molecule has 0 atom stereocenters. The Morgan fingerprint density at radius 3 is 2.03 bits per heavy atom. The molecule has 1 aromatic heterocycles. The van der Waals surface area contributed by atoms with E-state index in [9.17, 15) is 9.59 Å². The van der Waals surface area contributed by atoms with Gasteiger partial charge in [-0.2, -0.15) is 5.10 Å². The third kappa shape index (κ3) is 3.92. The van der Waals surface area contributed by atoms with Gasteiger partial charge >= 0.3 is 0 Å². The summed E-state index contributed by atoms with van der Waals surface area (Å²) in [4.78, 5) is 29.7. The van der Waals surface area contributed by atoms with Gasteiger partial charge in [0.1, 0.15) is 0 Å². The summed E-state index contributed by atoms with van der Waals surface area (Å²) in [7, 11) is 4.56. The first kappa shape index (κ1) is 21.0. The summed E-state index contributed by atoms with van der Waals surface area (Å²) in [6, 6.07) is 3.31. The standard InChI is InChI=1S/C22H28N4O5/c1-29-18-12-15(13-19(30-2)20(18)31-3)21(27)24-8-10-25(11-9-24)22(28)16-14-23-26-7-5-4-6-17(16)26/h12-14H,4-11H2,1-3H3. The Hall–Kier alpha value is -3.23. The monoisotopic (exact) mass is 428 g/mol. The van der Waals surface area contributed by atoms with Crippen molar-refractivity contribution < 1.29 is 23.8 Å². The van der Waals surface area contributed by atoms with Gasteiger partial charge in [-0.1, -0.05) is 0 Å². The fourth-order valence-electron chi connectivity index (χ4n) is 4.27. The van der Waals surface area contributed by atoms with Gasteiger partial charge < -0.3 is 24.0 Å². The molecule has 2 aliphatic rings. The number of carbonyl (C=O) groups excluding carboxylic acids is 2. The average molecular weight is 428 g/mol. The van der Waals surface area contributed by atoms with Crippen LogP contribution in [0.5, 0.6) is 17.2 Å². The number of nitrogens with zero attached hydrogens (tertiary/aromatic N) is 4. The number of hydrogen-bond donors (Lipinski definition) is 0. The molecular formula is C22H28N4O5. The molecule has 2 amide bonds. The van der Waals surface area contributed by atoms with Crippen molar-refractivity contribution in [3.8, 4) is 17.2 Å². The predicted molar refractivity (Wildman–Crippen MR) is 113 cm³/mol. The van der Waals surface area contributed by atoms with Crippen LogP contribution in [0.4, 0.5) is 0 Å². The number of fused-ring (bicyclic) bond motifs is 1. The molecule has 0 N–H and O–H groups in total. The molecule has 4 rings (SSSR count). The van der Waals surface area contributed by atoms with E-state index in [-0.39, 0.29) is 11.8 Å². The number of hydrogen-bond acceptors (Lipinski definition) is 6. The molecule has 0 radical (unpaired) electrons. The Morgan fingerprint density at radius 2 is 1.45 bits per heavy atom. The Kier molecular flexibility index (Phi) is 6.01. The van der Waals surface area contributed by atoms with Crippen molar-refractivity contribution in [2.24, 2.45) is 0 Å². The molecule has 0 unspecified atom stereocenters. The molecule has 1 fully saturated rings. The van der Waals surface area contributed by atoms with Crippen LogP contribution < -0.4 is 14.2 Å². The normalized spacial score (nSPS) is 16.0. The second kappa shape index (κ2) is 8.87. The van der Waals surface area contributed by atoms with Crippen LogP contribution in [0.15, 0.2) is 18.3 Å². The van der Waals surface area contributed by atoms with E-state index >= 15 is 0 Å². The summed E-state index contributed by atoms with van der Waals surface area (Å²) in [5, 5.41) is 4.37. The van der Waals surface area contributed by atoms with Gasteiger partial charge in [-0.15, -0.1) is 0 Å². The number of methoxy groups -OCH3 is 3. The van der Waals surface area contributed by atoms with Crippen LogP contribution in [-0.2, 0) is 13.0 Å². The second-order valence-corrected chi connectivity index (χ2v) is 7.68. The summed E-state index contributed by atoms with van der Waals surface area (Å²) < 4.78 is 18.0. The van der Waals surface area contributed by atoms with E-state index in [0.717, 1.165) is 31.5 Å². The molecule has 2 aliphatic heterocycles. The number of carbonyl (C=O) groups is 2. The van der Waals surface area contributed by atoms with Crippen molar-refractivity contribution in [2.45, 2.75) is 25.8 Å². The first-order valence-electron chi connectivity index (χ1n) is 10.5. The summed E-state index contributed by atoms with van der Waals surface area (Å²) in [6.07, 6.45) is 4.77. The predicted octanol–water partition coefficient (Wildman–Crippen LogP) is 1.84. The zero-order chi connectivity index (χ0) is 22.0. The van der Waals surface area contributed by atoms with Gasteiger partial charge in [-0.05, 0) is 31.4 Å². The minimum absolute atomic E-state index is 0.00281. The van der Waals surface area contributed by atoms with Crippen LogP contribution in [0.25, 0.3) is 0 Å². The first-order valence-corrected chi connectivity index (χ1v) is 10.5. The molecule has 1 aromatic carbocycles. The highest BCUT2D eigenvalue weighted by molar-refractivity contribution is 5.97. The maximum Gasteiger partial charge on any atom is 0.257 e. The van der Waals surface area contributed by atoms with Crippen molar-refractivity contribution in [1.29, 1.82) is 0 Å². The van der Waals surface area contributed by atoms with Crippen molar-refractivity contribution >= 4 is 11.8 Å². The van der Waals surface area contributed by atoms with E-state index in [2.05, 4.69) is 5.10 Å². The van der Waals surface area contributed by atoms with Gasteiger partial charge in [0, 0.05) is 38.3 Å². The molecule has 2 aromatic rings. The number of ether oxygens (including phenoxy) is 3. The average Bonchev–Trinajstić information content (AvgIpc) is 3.26. The van der Waals surface area contributed by atoms with Crippen LogP contribution in [0, 0.1) is 0 Å². The third-order valence-electron chi connectivity index (χ3n) is 5.98. The van der Waals surface area contributed by atoms with Gasteiger partial charge in [0.25, 0.3) is 11.8 Å². The van der Waals surface area contributed by atoms with E-state index in [1.807, 2.05) is 9.58 Å². The number of benzene rings is 1. The molecule has 0 spiro atoms. The number of aryl methyl sites for hydroxylation is 1. The fraction of sp³-hybridized carbons (Fsp3) is 0.500. The van der Waals surface area contributed by atoms with Gasteiger partial charge in [0.15, 0.2) is 11.5 Å². The third-order valence-corrected chi connectivity index (χ3v) is 5.98. The second-order valence-electron chi connectivity index (χ2n) is 7.68. The Balaban J connectivity index is 1.45. The Labute approximate surface area is 181 Å². The van der Waals surface area contributed by atoms with Gasteiger partial charge in [0.05, 0.1) is 38.8 Å². The highest BCUT2D eigenvalue weighted by Crippen LogP contribution is 2.38. The van der Waals surface area contributed by atoms with Crippen molar-refractivity contribution in [3.05, 3.63) is 35.2 Å². The van der Waals surface area contributed by atoms with Gasteiger partial charge in [0.2, 0.25) is 5.75 Å². The zero-order valence-corrected chi connectivity index (χ0v) is 18.2. The summed E-state index contributed by atoms with van der Waals surface area (Å²) in [5.74, 6) is 1.19. The molecule has 9 heteroatoms. The highest BCUT2D eigenvalue weighted by atomic mass is 16.5. The van der Waals surface area contributed by atoms with Crippen LogP contribution in [-0.4, -0.2) is 78.9 Å². The lowest BCUT2D eigenvalue weighted by molar-refractivity contribution is 0.0534. The molecule has 1 saturated heterocycles. The van der Waals surface area contributed by atoms with Crippen LogP contribution in [0.1, 0.15) is 39.3 Å². The molecule has 31 heavy (non-hydrogen) atoms. The largest absolute Gasteiger partial charge is 0.493 e. The lowest BCUT2D eigenvalue weighted by Gasteiger charge is -2.35. The van der Waals surface area contributed by atoms with Gasteiger partial charge in [-0.3, -0.25) is 14.3 Å². The van der Waals surface area contributed by atoms with Gasteiger partial charge in [-0.25, -0.2) is 0 Å². The molecule has 3 heterocycles. The minimum atomic E-state index is -0.130. The number of amides is 2. The molecule has 0 saturated carbocycles. The first-order chi connectivity index (χ1) is 15.1. The number of piperazine rings is 1. The summed E-state index contributed by atoms with van der Waals surface area (Å²) >= 11 is 0. The fourth-order valence-corrected chi connectivity index (χ4v) is 4.27. The molecule has 9 nitrogen and oxygen atoms in total. The van der Waals surface area contributed by atoms with E-state index in [0.29, 0.717) is 54.6 Å². The molecule has 0 bridgehead atoms. The van der Waals surface area contributed by atoms with Crippen LogP contribution in [0.3, 0.4) is 0 Å². The number of aromatic nitrogens is 2. The summed E-state index contributed by atoms with van der Waals surface area (Å²) in [6.45, 7) is 2.77. The molecule has 0 aliphatic carbocycles. The van der Waals surface area contributed by atoms with Crippen molar-refractivity contribution in [1.82, 2.24) is 19.6 Å². The SMILES string of the molecule is COc1cc(C(=O)N2CCN(C(=O)c3cnn4c3CCCC4)CC2)cc(OC)c1OC. The highest BCUT2D eigenvalue weighted by Gasteiger charge is 2.29. The summed E-state index contributed by atoms with van der Waals surface area (Å²) in [5.41, 5.74) is 2.19. The minimum Gasteiger partial charge on any atom is -0.493 e. The van der Waals surface area contributed by atoms with E-state index in [4.69, 9.17) is 14.2 Å². The molecule has 166 valence electrons.